The van der Waals surface area contributed by atoms with E-state index in [0.717, 1.165) is 10.7 Å². The lowest BCUT2D eigenvalue weighted by Gasteiger charge is -2.20. The van der Waals surface area contributed by atoms with Crippen LogP contribution in [-0.2, 0) is 0 Å². The zero-order valence-electron chi connectivity index (χ0n) is 9.09. The predicted octanol–water partition coefficient (Wildman–Crippen LogP) is 3.95. The molecule has 1 nitrogen and oxygen atoms in total. The summed E-state index contributed by atoms with van der Waals surface area (Å²) in [7, 11) is 0. The quantitative estimate of drug-likeness (QED) is 0.842. The molecule has 82 valence electrons. The molecule has 1 aromatic rings. The zero-order chi connectivity index (χ0) is 10.8. The van der Waals surface area contributed by atoms with Crippen molar-refractivity contribution in [3.63, 3.8) is 0 Å². The van der Waals surface area contributed by atoms with E-state index >= 15 is 0 Å². The second kappa shape index (κ2) is 4.67. The highest BCUT2D eigenvalue weighted by atomic mass is 35.5. The van der Waals surface area contributed by atoms with Gasteiger partial charge in [-0.3, -0.25) is 0 Å². The van der Waals surface area contributed by atoms with Crippen LogP contribution in [0.3, 0.4) is 0 Å². The third kappa shape index (κ3) is 2.43. The Bertz CT molecular complexity index is 333. The summed E-state index contributed by atoms with van der Waals surface area (Å²) in [6, 6.07) is 6.61. The van der Waals surface area contributed by atoms with Crippen LogP contribution in [0.5, 0.6) is 0 Å². The molecule has 1 saturated heterocycles. The summed E-state index contributed by atoms with van der Waals surface area (Å²) in [4.78, 5) is 0. The lowest BCUT2D eigenvalue weighted by Crippen LogP contribution is -2.25. The molecule has 1 heterocycles. The first-order chi connectivity index (χ1) is 7.18. The van der Waals surface area contributed by atoms with Gasteiger partial charge in [0.1, 0.15) is 0 Å². The summed E-state index contributed by atoms with van der Waals surface area (Å²) in [6.45, 7) is 4.38. The van der Waals surface area contributed by atoms with Gasteiger partial charge in [-0.2, -0.15) is 11.8 Å². The van der Waals surface area contributed by atoms with Gasteiger partial charge in [-0.1, -0.05) is 30.7 Å². The van der Waals surface area contributed by atoms with Crippen molar-refractivity contribution in [3.05, 3.63) is 28.8 Å². The number of thioether (sulfide) groups is 1. The van der Waals surface area contributed by atoms with Crippen LogP contribution in [0.25, 0.3) is 0 Å². The number of halogens is 1. The van der Waals surface area contributed by atoms with Gasteiger partial charge in [0.25, 0.3) is 0 Å². The molecule has 0 bridgehead atoms. The highest BCUT2D eigenvalue weighted by Crippen LogP contribution is 2.32. The molecule has 15 heavy (non-hydrogen) atoms. The van der Waals surface area contributed by atoms with Crippen molar-refractivity contribution in [1.82, 2.24) is 0 Å². The Morgan fingerprint density at radius 3 is 2.87 bits per heavy atom. The van der Waals surface area contributed by atoms with Crippen LogP contribution in [-0.4, -0.2) is 17.0 Å². The molecule has 3 heteroatoms. The standard InChI is InChI=1S/C12H16ClNS/c1-8-4-3-5-10(13)12(8)14-11-6-7-15-9(11)2/h3-5,9,11,14H,6-7H2,1-2H3. The molecule has 1 fully saturated rings. The Kier molecular flexibility index (Phi) is 3.47. The van der Waals surface area contributed by atoms with Gasteiger partial charge in [0.15, 0.2) is 0 Å². The van der Waals surface area contributed by atoms with Crippen LogP contribution in [0.2, 0.25) is 5.02 Å². The molecular weight excluding hydrogens is 226 g/mol. The third-order valence-corrected chi connectivity index (χ3v) is 4.57. The van der Waals surface area contributed by atoms with E-state index in [4.69, 9.17) is 11.6 Å². The highest BCUT2D eigenvalue weighted by Gasteiger charge is 2.24. The fourth-order valence-electron chi connectivity index (χ4n) is 1.92. The third-order valence-electron chi connectivity index (χ3n) is 2.93. The van der Waals surface area contributed by atoms with Crippen molar-refractivity contribution in [2.24, 2.45) is 0 Å². The SMILES string of the molecule is Cc1cccc(Cl)c1NC1CCSC1C. The number of hydrogen-bond donors (Lipinski definition) is 1. The molecule has 2 atom stereocenters. The van der Waals surface area contributed by atoms with Gasteiger partial charge >= 0.3 is 0 Å². The fraction of sp³-hybridized carbons (Fsp3) is 0.500. The summed E-state index contributed by atoms with van der Waals surface area (Å²) in [6.07, 6.45) is 1.23. The molecule has 0 saturated carbocycles. The lowest BCUT2D eigenvalue weighted by atomic mass is 10.1. The maximum Gasteiger partial charge on any atom is 0.0640 e. The van der Waals surface area contributed by atoms with E-state index in [2.05, 4.69) is 25.2 Å². The molecule has 1 aromatic carbocycles. The first-order valence-corrected chi connectivity index (χ1v) is 6.74. The van der Waals surface area contributed by atoms with E-state index in [-0.39, 0.29) is 0 Å². The number of rotatable bonds is 2. The zero-order valence-corrected chi connectivity index (χ0v) is 10.7. The number of para-hydroxylation sites is 1. The Morgan fingerprint density at radius 2 is 2.27 bits per heavy atom. The second-order valence-electron chi connectivity index (χ2n) is 4.05. The van der Waals surface area contributed by atoms with Gasteiger partial charge in [0.2, 0.25) is 0 Å². The molecule has 0 amide bonds. The van der Waals surface area contributed by atoms with Gasteiger partial charge in [0, 0.05) is 11.3 Å². The summed E-state index contributed by atoms with van der Waals surface area (Å²) in [5, 5.41) is 5.09. The average molecular weight is 242 g/mol. The molecule has 0 aromatic heterocycles. The summed E-state index contributed by atoms with van der Waals surface area (Å²) >= 11 is 8.22. The highest BCUT2D eigenvalue weighted by molar-refractivity contribution is 8.00. The monoisotopic (exact) mass is 241 g/mol. The van der Waals surface area contributed by atoms with Crippen molar-refractivity contribution in [3.8, 4) is 0 Å². The number of aryl methyl sites for hydroxylation is 1. The first kappa shape index (κ1) is 11.2. The molecule has 2 unspecified atom stereocenters. The van der Waals surface area contributed by atoms with Crippen molar-refractivity contribution >= 4 is 29.1 Å². The van der Waals surface area contributed by atoms with E-state index in [0.29, 0.717) is 11.3 Å². The molecular formula is C12H16ClNS. The number of nitrogens with one attached hydrogen (secondary N) is 1. The molecule has 0 radical (unpaired) electrons. The predicted molar refractivity (Wildman–Crippen MR) is 70.1 cm³/mol. The fourth-order valence-corrected chi connectivity index (χ4v) is 3.40. The minimum atomic E-state index is 0.564. The Morgan fingerprint density at radius 1 is 1.47 bits per heavy atom. The van der Waals surface area contributed by atoms with Crippen molar-refractivity contribution in [1.29, 1.82) is 0 Å². The van der Waals surface area contributed by atoms with E-state index in [9.17, 15) is 0 Å². The van der Waals surface area contributed by atoms with Gasteiger partial charge < -0.3 is 5.32 Å². The molecule has 0 spiro atoms. The van der Waals surface area contributed by atoms with Gasteiger partial charge in [-0.25, -0.2) is 0 Å². The molecule has 0 aliphatic carbocycles. The van der Waals surface area contributed by atoms with Crippen LogP contribution in [0, 0.1) is 6.92 Å². The Hall–Kier alpha value is -0.340. The second-order valence-corrected chi connectivity index (χ2v) is 5.94. The number of benzene rings is 1. The van der Waals surface area contributed by atoms with Gasteiger partial charge in [0.05, 0.1) is 10.7 Å². The molecule has 2 rings (SSSR count). The smallest absolute Gasteiger partial charge is 0.0640 e. The van der Waals surface area contributed by atoms with Gasteiger partial charge in [-0.05, 0) is 30.7 Å². The van der Waals surface area contributed by atoms with Crippen molar-refractivity contribution in [2.75, 3.05) is 11.1 Å². The van der Waals surface area contributed by atoms with Crippen LogP contribution >= 0.6 is 23.4 Å². The number of anilines is 1. The van der Waals surface area contributed by atoms with Crippen LogP contribution < -0.4 is 5.32 Å². The lowest BCUT2D eigenvalue weighted by molar-refractivity contribution is 0.723. The van der Waals surface area contributed by atoms with Crippen molar-refractivity contribution < 1.29 is 0 Å². The van der Waals surface area contributed by atoms with Crippen LogP contribution in [0.15, 0.2) is 18.2 Å². The molecule has 1 N–H and O–H groups in total. The van der Waals surface area contributed by atoms with Crippen LogP contribution in [0.4, 0.5) is 5.69 Å². The number of hydrogen-bond acceptors (Lipinski definition) is 2. The minimum Gasteiger partial charge on any atom is -0.380 e. The van der Waals surface area contributed by atoms with E-state index in [1.807, 2.05) is 23.9 Å². The van der Waals surface area contributed by atoms with E-state index in [1.165, 1.54) is 17.7 Å². The maximum absolute atomic E-state index is 6.19. The summed E-state index contributed by atoms with van der Waals surface area (Å²) < 4.78 is 0. The Balaban J connectivity index is 2.16. The average Bonchev–Trinajstić information content (AvgIpc) is 2.58. The van der Waals surface area contributed by atoms with E-state index in [1.54, 1.807) is 0 Å². The summed E-state index contributed by atoms with van der Waals surface area (Å²) in [5.74, 6) is 1.25. The molecule has 1 aliphatic rings. The van der Waals surface area contributed by atoms with Gasteiger partial charge in [-0.15, -0.1) is 0 Å². The first-order valence-electron chi connectivity index (χ1n) is 5.31. The normalized spacial score (nSPS) is 25.5. The maximum atomic E-state index is 6.19. The van der Waals surface area contributed by atoms with Crippen molar-refractivity contribution in [2.45, 2.75) is 31.6 Å². The largest absolute Gasteiger partial charge is 0.380 e. The summed E-state index contributed by atoms with van der Waals surface area (Å²) in [5.41, 5.74) is 2.34. The Labute approximate surface area is 101 Å². The van der Waals surface area contributed by atoms with E-state index < -0.39 is 0 Å². The molecule has 1 aliphatic heterocycles. The minimum absolute atomic E-state index is 0.564. The van der Waals surface area contributed by atoms with Crippen LogP contribution in [0.1, 0.15) is 18.9 Å². The topological polar surface area (TPSA) is 12.0 Å².